The van der Waals surface area contributed by atoms with Crippen LogP contribution in [0, 0.1) is 5.92 Å². The highest BCUT2D eigenvalue weighted by Gasteiger charge is 2.34. The maximum atomic E-state index is 3.95. The van der Waals surface area contributed by atoms with Gasteiger partial charge in [-0.3, -0.25) is 0 Å². The minimum absolute atomic E-state index is 0.520. The fourth-order valence-electron chi connectivity index (χ4n) is 3.85. The van der Waals surface area contributed by atoms with E-state index < -0.39 is 0 Å². The molecule has 2 nitrogen and oxygen atoms in total. The Morgan fingerprint density at radius 2 is 1.85 bits per heavy atom. The number of benzene rings is 1. The third-order valence-electron chi connectivity index (χ3n) is 5.27. The SMILES string of the molecule is CCc1ccc(C(CC)NC2CN3CCC2CC3)cc1. The van der Waals surface area contributed by atoms with Crippen molar-refractivity contribution in [3.63, 3.8) is 0 Å². The number of aryl methyl sites for hydroxylation is 1. The van der Waals surface area contributed by atoms with E-state index in [4.69, 9.17) is 0 Å². The van der Waals surface area contributed by atoms with Crippen molar-refractivity contribution in [2.45, 2.75) is 51.6 Å². The van der Waals surface area contributed by atoms with Gasteiger partial charge in [-0.2, -0.15) is 0 Å². The van der Waals surface area contributed by atoms with Gasteiger partial charge in [0.15, 0.2) is 0 Å². The summed E-state index contributed by atoms with van der Waals surface area (Å²) in [5.41, 5.74) is 2.90. The Morgan fingerprint density at radius 1 is 1.15 bits per heavy atom. The highest BCUT2D eigenvalue weighted by molar-refractivity contribution is 5.25. The second kappa shape index (κ2) is 6.28. The third kappa shape index (κ3) is 2.91. The van der Waals surface area contributed by atoms with Gasteiger partial charge in [0, 0.05) is 18.6 Å². The molecule has 0 aromatic heterocycles. The fraction of sp³-hybridized carbons (Fsp3) is 0.667. The van der Waals surface area contributed by atoms with Crippen LogP contribution in [0.4, 0.5) is 0 Å². The molecule has 0 spiro atoms. The Balaban J connectivity index is 1.67. The van der Waals surface area contributed by atoms with Crippen molar-refractivity contribution in [3.8, 4) is 0 Å². The van der Waals surface area contributed by atoms with Crippen LogP contribution >= 0.6 is 0 Å². The van der Waals surface area contributed by atoms with Crippen LogP contribution in [0.3, 0.4) is 0 Å². The zero-order valence-electron chi connectivity index (χ0n) is 12.9. The number of piperidine rings is 3. The molecular formula is C18H28N2. The van der Waals surface area contributed by atoms with E-state index in [1.165, 1.54) is 50.0 Å². The Bertz CT molecular complexity index is 418. The molecule has 2 heteroatoms. The van der Waals surface area contributed by atoms with Crippen LogP contribution in [-0.2, 0) is 6.42 Å². The fourth-order valence-corrected chi connectivity index (χ4v) is 3.85. The molecule has 3 fully saturated rings. The first-order chi connectivity index (χ1) is 9.80. The third-order valence-corrected chi connectivity index (χ3v) is 5.27. The zero-order chi connectivity index (χ0) is 13.9. The van der Waals surface area contributed by atoms with Crippen molar-refractivity contribution < 1.29 is 0 Å². The second-order valence-electron chi connectivity index (χ2n) is 6.47. The smallest absolute Gasteiger partial charge is 0.0320 e. The molecule has 2 atom stereocenters. The molecule has 3 aliphatic rings. The van der Waals surface area contributed by atoms with E-state index in [0.717, 1.165) is 12.3 Å². The van der Waals surface area contributed by atoms with E-state index in [9.17, 15) is 0 Å². The molecule has 3 heterocycles. The van der Waals surface area contributed by atoms with Gasteiger partial charge in [-0.25, -0.2) is 0 Å². The number of rotatable bonds is 5. The van der Waals surface area contributed by atoms with Crippen LogP contribution in [-0.4, -0.2) is 30.6 Å². The van der Waals surface area contributed by atoms with Crippen LogP contribution in [0.5, 0.6) is 0 Å². The highest BCUT2D eigenvalue weighted by Crippen LogP contribution is 2.30. The van der Waals surface area contributed by atoms with Crippen molar-refractivity contribution >= 4 is 0 Å². The molecule has 1 aromatic rings. The first-order valence-corrected chi connectivity index (χ1v) is 8.37. The first-order valence-electron chi connectivity index (χ1n) is 8.37. The molecule has 0 radical (unpaired) electrons. The lowest BCUT2D eigenvalue weighted by atomic mass is 9.83. The summed E-state index contributed by atoms with van der Waals surface area (Å²) in [6, 6.07) is 10.4. The van der Waals surface area contributed by atoms with E-state index in [0.29, 0.717) is 12.1 Å². The van der Waals surface area contributed by atoms with Crippen LogP contribution in [0.2, 0.25) is 0 Å². The molecule has 0 aliphatic carbocycles. The summed E-state index contributed by atoms with van der Waals surface area (Å²) in [6.45, 7) is 8.43. The van der Waals surface area contributed by atoms with Crippen LogP contribution < -0.4 is 5.32 Å². The lowest BCUT2D eigenvalue weighted by molar-refractivity contribution is 0.0666. The van der Waals surface area contributed by atoms with Crippen molar-refractivity contribution in [1.29, 1.82) is 0 Å². The van der Waals surface area contributed by atoms with E-state index in [1.807, 2.05) is 0 Å². The average molecular weight is 272 g/mol. The van der Waals surface area contributed by atoms with Gasteiger partial charge in [-0.15, -0.1) is 0 Å². The summed E-state index contributed by atoms with van der Waals surface area (Å²) in [7, 11) is 0. The van der Waals surface area contributed by atoms with Gasteiger partial charge >= 0.3 is 0 Å². The summed E-state index contributed by atoms with van der Waals surface area (Å²) in [5, 5.41) is 3.95. The molecule has 0 amide bonds. The van der Waals surface area contributed by atoms with E-state index >= 15 is 0 Å². The van der Waals surface area contributed by atoms with Crippen molar-refractivity contribution in [2.24, 2.45) is 5.92 Å². The first kappa shape index (κ1) is 14.1. The van der Waals surface area contributed by atoms with Gasteiger partial charge in [0.1, 0.15) is 0 Å². The number of nitrogens with one attached hydrogen (secondary N) is 1. The summed E-state index contributed by atoms with van der Waals surface area (Å²) < 4.78 is 0. The molecule has 20 heavy (non-hydrogen) atoms. The molecule has 3 aliphatic heterocycles. The number of hydrogen-bond acceptors (Lipinski definition) is 2. The Morgan fingerprint density at radius 3 is 2.35 bits per heavy atom. The van der Waals surface area contributed by atoms with Crippen molar-refractivity contribution in [3.05, 3.63) is 35.4 Å². The quantitative estimate of drug-likeness (QED) is 0.884. The Hall–Kier alpha value is -0.860. The average Bonchev–Trinajstić information content (AvgIpc) is 2.54. The monoisotopic (exact) mass is 272 g/mol. The predicted molar refractivity (Wildman–Crippen MR) is 84.9 cm³/mol. The maximum absolute atomic E-state index is 3.95. The lowest BCUT2D eigenvalue weighted by Gasteiger charge is -2.46. The van der Waals surface area contributed by atoms with Gasteiger partial charge in [0.05, 0.1) is 0 Å². The molecular weight excluding hydrogens is 244 g/mol. The highest BCUT2D eigenvalue weighted by atomic mass is 15.2. The predicted octanol–water partition coefficient (Wildman–Crippen LogP) is 3.38. The number of nitrogens with zero attached hydrogens (tertiary/aromatic N) is 1. The largest absolute Gasteiger partial charge is 0.306 e. The van der Waals surface area contributed by atoms with Gasteiger partial charge in [-0.05, 0) is 55.8 Å². The topological polar surface area (TPSA) is 15.3 Å². The standard InChI is InChI=1S/C18H28N2/c1-3-14-5-7-15(8-6-14)17(4-2)19-18-13-20-11-9-16(18)10-12-20/h5-8,16-19H,3-4,9-13H2,1-2H3. The minimum Gasteiger partial charge on any atom is -0.306 e. The normalized spacial score (nSPS) is 30.4. The van der Waals surface area contributed by atoms with Gasteiger partial charge in [-0.1, -0.05) is 38.1 Å². The second-order valence-corrected chi connectivity index (χ2v) is 6.47. The van der Waals surface area contributed by atoms with Crippen LogP contribution in [0.1, 0.15) is 50.3 Å². The summed E-state index contributed by atoms with van der Waals surface area (Å²) in [4.78, 5) is 2.63. The zero-order valence-corrected chi connectivity index (χ0v) is 12.9. The van der Waals surface area contributed by atoms with E-state index in [-0.39, 0.29) is 0 Å². The summed E-state index contributed by atoms with van der Waals surface area (Å²) in [5.74, 6) is 0.906. The van der Waals surface area contributed by atoms with Gasteiger partial charge in [0.2, 0.25) is 0 Å². The molecule has 3 saturated heterocycles. The number of hydrogen-bond donors (Lipinski definition) is 1. The van der Waals surface area contributed by atoms with Crippen molar-refractivity contribution in [1.82, 2.24) is 10.2 Å². The molecule has 110 valence electrons. The molecule has 2 bridgehead atoms. The van der Waals surface area contributed by atoms with Gasteiger partial charge < -0.3 is 10.2 Å². The minimum atomic E-state index is 0.520. The van der Waals surface area contributed by atoms with Crippen LogP contribution in [0.15, 0.2) is 24.3 Å². The lowest BCUT2D eigenvalue weighted by Crippen LogP contribution is -2.56. The maximum Gasteiger partial charge on any atom is 0.0320 e. The number of fused-ring (bicyclic) bond motifs is 3. The van der Waals surface area contributed by atoms with E-state index in [2.05, 4.69) is 48.3 Å². The van der Waals surface area contributed by atoms with Gasteiger partial charge in [0.25, 0.3) is 0 Å². The molecule has 1 aromatic carbocycles. The molecule has 2 unspecified atom stereocenters. The van der Waals surface area contributed by atoms with Crippen LogP contribution in [0.25, 0.3) is 0 Å². The van der Waals surface area contributed by atoms with E-state index in [1.54, 1.807) is 0 Å². The molecule has 1 N–H and O–H groups in total. The summed E-state index contributed by atoms with van der Waals surface area (Å²) in [6.07, 6.45) is 5.09. The Kier molecular flexibility index (Phi) is 4.42. The molecule has 4 rings (SSSR count). The van der Waals surface area contributed by atoms with Crippen molar-refractivity contribution in [2.75, 3.05) is 19.6 Å². The Labute approximate surface area is 123 Å². The molecule has 0 saturated carbocycles. The summed E-state index contributed by atoms with van der Waals surface area (Å²) >= 11 is 0.